The third-order valence-electron chi connectivity index (χ3n) is 3.42. The molecule has 5 nitrogen and oxygen atoms in total. The van der Waals surface area contributed by atoms with Gasteiger partial charge in [0.05, 0.1) is 0 Å². The van der Waals surface area contributed by atoms with Gasteiger partial charge in [-0.2, -0.15) is 4.98 Å². The smallest absolute Gasteiger partial charge is 0.229 e. The zero-order chi connectivity index (χ0) is 13.1. The van der Waals surface area contributed by atoms with Gasteiger partial charge in [-0.25, -0.2) is 0 Å². The van der Waals surface area contributed by atoms with Crippen molar-refractivity contribution in [1.82, 2.24) is 10.1 Å². The van der Waals surface area contributed by atoms with E-state index in [2.05, 4.69) is 10.1 Å². The van der Waals surface area contributed by atoms with Crippen molar-refractivity contribution in [2.24, 2.45) is 5.73 Å². The molecule has 0 aliphatic heterocycles. The van der Waals surface area contributed by atoms with E-state index in [1.165, 1.54) is 0 Å². The first kappa shape index (κ1) is 14.8. The summed E-state index contributed by atoms with van der Waals surface area (Å²) in [6, 6.07) is 9.87. The zero-order valence-corrected chi connectivity index (χ0v) is 11.9. The van der Waals surface area contributed by atoms with E-state index in [0.717, 1.165) is 25.0 Å². The van der Waals surface area contributed by atoms with E-state index in [-0.39, 0.29) is 18.4 Å². The minimum atomic E-state index is 0. The highest BCUT2D eigenvalue weighted by Gasteiger charge is 2.27. The van der Waals surface area contributed by atoms with Crippen LogP contribution in [0.4, 0.5) is 0 Å². The molecule has 3 rings (SSSR count). The van der Waals surface area contributed by atoms with Gasteiger partial charge in [-0.15, -0.1) is 12.4 Å². The second-order valence-electron chi connectivity index (χ2n) is 4.92. The van der Waals surface area contributed by atoms with Gasteiger partial charge >= 0.3 is 0 Å². The van der Waals surface area contributed by atoms with Gasteiger partial charge in [-0.1, -0.05) is 23.4 Å². The highest BCUT2D eigenvalue weighted by Crippen LogP contribution is 2.32. The highest BCUT2D eigenvalue weighted by atomic mass is 35.5. The molecule has 1 heterocycles. The molecule has 0 amide bonds. The summed E-state index contributed by atoms with van der Waals surface area (Å²) in [5.41, 5.74) is 5.89. The van der Waals surface area contributed by atoms with Crippen LogP contribution in [-0.2, 0) is 6.61 Å². The summed E-state index contributed by atoms with van der Waals surface area (Å²) in [4.78, 5) is 4.38. The Balaban J connectivity index is 0.00000147. The van der Waals surface area contributed by atoms with E-state index in [9.17, 15) is 0 Å². The van der Waals surface area contributed by atoms with Crippen molar-refractivity contribution >= 4 is 12.4 Å². The van der Waals surface area contributed by atoms with Crippen LogP contribution >= 0.6 is 12.4 Å². The fraction of sp³-hybridized carbons (Fsp3) is 0.429. The van der Waals surface area contributed by atoms with E-state index < -0.39 is 0 Å². The van der Waals surface area contributed by atoms with E-state index in [1.807, 2.05) is 30.3 Å². The fourth-order valence-electron chi connectivity index (χ4n) is 2.40. The number of hydrogen-bond acceptors (Lipinski definition) is 5. The lowest BCUT2D eigenvalue weighted by atomic mass is 10.1. The first-order chi connectivity index (χ1) is 9.31. The van der Waals surface area contributed by atoms with E-state index >= 15 is 0 Å². The number of halogens is 1. The van der Waals surface area contributed by atoms with Crippen LogP contribution in [0.5, 0.6) is 5.75 Å². The summed E-state index contributed by atoms with van der Waals surface area (Å²) >= 11 is 0. The average Bonchev–Trinajstić information content (AvgIpc) is 3.06. The Kier molecular flexibility index (Phi) is 4.98. The maximum absolute atomic E-state index is 5.89. The Labute approximate surface area is 123 Å². The van der Waals surface area contributed by atoms with Crippen LogP contribution in [0, 0.1) is 0 Å². The van der Waals surface area contributed by atoms with Gasteiger partial charge < -0.3 is 15.0 Å². The number of ether oxygens (including phenoxy) is 1. The van der Waals surface area contributed by atoms with E-state index in [1.54, 1.807) is 0 Å². The normalized spacial score (nSPS) is 21.4. The van der Waals surface area contributed by atoms with Crippen molar-refractivity contribution in [1.29, 1.82) is 0 Å². The van der Waals surface area contributed by atoms with Crippen molar-refractivity contribution in [3.05, 3.63) is 42.0 Å². The van der Waals surface area contributed by atoms with Gasteiger partial charge in [0.15, 0.2) is 6.61 Å². The molecule has 0 saturated heterocycles. The molecule has 2 aromatic rings. The lowest BCUT2D eigenvalue weighted by Crippen LogP contribution is -2.14. The molecule has 1 saturated carbocycles. The standard InChI is InChI=1S/C14H17N3O2.ClH/c15-11-7-6-10(8-11)14-16-13(17-19-14)9-18-12-4-2-1-3-5-12;/h1-5,10-11H,6-9,15H2;1H. The predicted molar refractivity (Wildman–Crippen MR) is 76.9 cm³/mol. The number of aromatic nitrogens is 2. The molecule has 1 aliphatic rings. The van der Waals surface area contributed by atoms with Crippen LogP contribution < -0.4 is 10.5 Å². The van der Waals surface area contributed by atoms with Gasteiger partial charge in [0.25, 0.3) is 0 Å². The minimum Gasteiger partial charge on any atom is -0.485 e. The molecule has 1 aromatic carbocycles. The molecule has 6 heteroatoms. The fourth-order valence-corrected chi connectivity index (χ4v) is 2.40. The lowest BCUT2D eigenvalue weighted by Gasteiger charge is -2.02. The number of nitrogens with two attached hydrogens (primary N) is 1. The number of hydrogen-bond donors (Lipinski definition) is 1. The summed E-state index contributed by atoms with van der Waals surface area (Å²) in [5, 5.41) is 3.95. The van der Waals surface area contributed by atoms with Crippen molar-refractivity contribution in [2.45, 2.75) is 37.8 Å². The van der Waals surface area contributed by atoms with E-state index in [0.29, 0.717) is 24.2 Å². The summed E-state index contributed by atoms with van der Waals surface area (Å²) in [7, 11) is 0. The van der Waals surface area contributed by atoms with Crippen molar-refractivity contribution in [3.8, 4) is 5.75 Å². The molecule has 20 heavy (non-hydrogen) atoms. The average molecular weight is 296 g/mol. The lowest BCUT2D eigenvalue weighted by molar-refractivity contribution is 0.283. The molecular weight excluding hydrogens is 278 g/mol. The molecular formula is C14H18ClN3O2. The first-order valence-electron chi connectivity index (χ1n) is 6.57. The third-order valence-corrected chi connectivity index (χ3v) is 3.42. The second-order valence-corrected chi connectivity index (χ2v) is 4.92. The molecule has 2 N–H and O–H groups in total. The summed E-state index contributed by atoms with van der Waals surface area (Å²) in [6.07, 6.45) is 2.99. The Morgan fingerprint density at radius 1 is 1.25 bits per heavy atom. The Morgan fingerprint density at radius 3 is 2.75 bits per heavy atom. The maximum Gasteiger partial charge on any atom is 0.229 e. The Bertz CT molecular complexity index is 532. The topological polar surface area (TPSA) is 74.2 Å². The SMILES string of the molecule is Cl.NC1CCC(c2nc(COc3ccccc3)no2)C1. The number of benzene rings is 1. The summed E-state index contributed by atoms with van der Waals surface area (Å²) in [5.74, 6) is 2.39. The van der Waals surface area contributed by atoms with Crippen LogP contribution in [0.1, 0.15) is 36.9 Å². The summed E-state index contributed by atoms with van der Waals surface area (Å²) in [6.45, 7) is 0.326. The third kappa shape index (κ3) is 3.49. The van der Waals surface area contributed by atoms with Crippen LogP contribution in [0.25, 0.3) is 0 Å². The number of para-hydroxylation sites is 1. The predicted octanol–water partition coefficient (Wildman–Crippen LogP) is 2.67. The number of nitrogens with zero attached hydrogens (tertiary/aromatic N) is 2. The van der Waals surface area contributed by atoms with E-state index in [4.69, 9.17) is 15.0 Å². The summed E-state index contributed by atoms with van der Waals surface area (Å²) < 4.78 is 10.9. The zero-order valence-electron chi connectivity index (χ0n) is 11.1. The molecule has 0 spiro atoms. The Hall–Kier alpha value is -1.59. The molecule has 2 unspecified atom stereocenters. The maximum atomic E-state index is 5.89. The quantitative estimate of drug-likeness (QED) is 0.938. The van der Waals surface area contributed by atoms with Crippen LogP contribution in [0.15, 0.2) is 34.9 Å². The highest BCUT2D eigenvalue weighted by molar-refractivity contribution is 5.85. The molecule has 108 valence electrons. The molecule has 1 aliphatic carbocycles. The van der Waals surface area contributed by atoms with Crippen molar-refractivity contribution in [3.63, 3.8) is 0 Å². The largest absolute Gasteiger partial charge is 0.485 e. The minimum absolute atomic E-state index is 0. The monoisotopic (exact) mass is 295 g/mol. The number of rotatable bonds is 4. The molecule has 1 aromatic heterocycles. The molecule has 0 bridgehead atoms. The van der Waals surface area contributed by atoms with Crippen molar-refractivity contribution in [2.75, 3.05) is 0 Å². The van der Waals surface area contributed by atoms with Crippen LogP contribution in [-0.4, -0.2) is 16.2 Å². The van der Waals surface area contributed by atoms with Crippen molar-refractivity contribution < 1.29 is 9.26 Å². The van der Waals surface area contributed by atoms with Gasteiger partial charge in [-0.05, 0) is 31.4 Å². The van der Waals surface area contributed by atoms with Gasteiger partial charge in [0, 0.05) is 12.0 Å². The van der Waals surface area contributed by atoms with Crippen LogP contribution in [0.3, 0.4) is 0 Å². The van der Waals surface area contributed by atoms with Gasteiger partial charge in [-0.3, -0.25) is 0 Å². The van der Waals surface area contributed by atoms with Crippen LogP contribution in [0.2, 0.25) is 0 Å². The molecule has 2 atom stereocenters. The molecule has 0 radical (unpaired) electrons. The molecule has 1 fully saturated rings. The first-order valence-corrected chi connectivity index (χ1v) is 6.57. The Morgan fingerprint density at radius 2 is 2.05 bits per heavy atom. The van der Waals surface area contributed by atoms with Gasteiger partial charge in [0.1, 0.15) is 5.75 Å². The van der Waals surface area contributed by atoms with Gasteiger partial charge in [0.2, 0.25) is 11.7 Å². The second kappa shape index (κ2) is 6.72.